The molecule has 2 aromatic carbocycles. The number of pyridine rings is 1. The molecule has 0 saturated carbocycles. The number of hydrazone groups is 1. The zero-order valence-corrected chi connectivity index (χ0v) is 16.6. The maximum atomic E-state index is 12.6. The number of nitrogens with one attached hydrogen (secondary N) is 2. The molecule has 2 N–H and O–H groups in total. The van der Waals surface area contributed by atoms with E-state index < -0.39 is 11.8 Å². The topological polar surface area (TPSA) is 83.5 Å². The molecule has 0 aliphatic carbocycles. The van der Waals surface area contributed by atoms with Gasteiger partial charge in [0.05, 0.1) is 17.5 Å². The van der Waals surface area contributed by atoms with Gasteiger partial charge in [0.1, 0.15) is 5.69 Å². The van der Waals surface area contributed by atoms with Crippen molar-refractivity contribution in [1.82, 2.24) is 10.4 Å². The summed E-state index contributed by atoms with van der Waals surface area (Å²) in [6.07, 6.45) is 3.10. The van der Waals surface area contributed by atoms with Gasteiger partial charge in [-0.1, -0.05) is 51.8 Å². The molecule has 140 valence electrons. The molecule has 0 aliphatic heterocycles. The summed E-state index contributed by atoms with van der Waals surface area (Å²) < 4.78 is 0.705. The van der Waals surface area contributed by atoms with Crippen molar-refractivity contribution < 1.29 is 9.59 Å². The first-order valence-corrected chi connectivity index (χ1v) is 9.24. The highest BCUT2D eigenvalue weighted by molar-refractivity contribution is 9.10. The van der Waals surface area contributed by atoms with Crippen molar-refractivity contribution in [1.29, 1.82) is 0 Å². The Morgan fingerprint density at radius 1 is 1.04 bits per heavy atom. The van der Waals surface area contributed by atoms with Gasteiger partial charge in [0.25, 0.3) is 11.8 Å². The standard InChI is InChI=1S/C21H17BrN4O2/c1-14-5-4-6-15(11-14)13-24-26-20(27)17-12-16(22)8-9-18(17)25-21(28)19-7-2-3-10-23-19/h2-13H,1H3,(H,25,28)(H,26,27)/b24-13+. The Morgan fingerprint density at radius 3 is 2.64 bits per heavy atom. The van der Waals surface area contributed by atoms with Crippen molar-refractivity contribution in [3.63, 3.8) is 0 Å². The summed E-state index contributed by atoms with van der Waals surface area (Å²) in [5, 5.41) is 6.72. The van der Waals surface area contributed by atoms with Crippen molar-refractivity contribution in [2.24, 2.45) is 5.10 Å². The second-order valence-electron chi connectivity index (χ2n) is 5.97. The number of amides is 2. The van der Waals surface area contributed by atoms with E-state index in [0.717, 1.165) is 11.1 Å². The first-order valence-electron chi connectivity index (χ1n) is 8.45. The van der Waals surface area contributed by atoms with Crippen LogP contribution in [0.4, 0.5) is 5.69 Å². The van der Waals surface area contributed by atoms with Crippen LogP contribution in [0, 0.1) is 6.92 Å². The lowest BCUT2D eigenvalue weighted by atomic mass is 10.1. The molecule has 7 heteroatoms. The van der Waals surface area contributed by atoms with Gasteiger partial charge in [-0.15, -0.1) is 0 Å². The van der Waals surface area contributed by atoms with Gasteiger partial charge in [-0.25, -0.2) is 5.43 Å². The molecule has 0 spiro atoms. The van der Waals surface area contributed by atoms with Crippen molar-refractivity contribution in [2.75, 3.05) is 5.32 Å². The fourth-order valence-electron chi connectivity index (χ4n) is 2.47. The van der Waals surface area contributed by atoms with E-state index in [1.54, 1.807) is 42.6 Å². The SMILES string of the molecule is Cc1cccc(/C=N/NC(=O)c2cc(Br)ccc2NC(=O)c2ccccn2)c1. The summed E-state index contributed by atoms with van der Waals surface area (Å²) in [5.41, 5.74) is 5.36. The van der Waals surface area contributed by atoms with Crippen LogP contribution in [0.3, 0.4) is 0 Å². The summed E-state index contributed by atoms with van der Waals surface area (Å²) in [4.78, 5) is 29.0. The van der Waals surface area contributed by atoms with Gasteiger partial charge in [0.15, 0.2) is 0 Å². The summed E-state index contributed by atoms with van der Waals surface area (Å²) >= 11 is 3.35. The molecule has 28 heavy (non-hydrogen) atoms. The highest BCUT2D eigenvalue weighted by Gasteiger charge is 2.15. The lowest BCUT2D eigenvalue weighted by Gasteiger charge is -2.10. The molecule has 3 rings (SSSR count). The maximum Gasteiger partial charge on any atom is 0.274 e. The second-order valence-corrected chi connectivity index (χ2v) is 6.89. The molecule has 3 aromatic rings. The van der Waals surface area contributed by atoms with Crippen LogP contribution in [0.1, 0.15) is 32.0 Å². The number of carbonyl (C=O) groups is 2. The Morgan fingerprint density at radius 2 is 1.89 bits per heavy atom. The number of rotatable bonds is 5. The Kier molecular flexibility index (Phi) is 6.29. The van der Waals surface area contributed by atoms with Gasteiger partial charge in [-0.05, 0) is 42.8 Å². The number of anilines is 1. The number of carbonyl (C=O) groups excluding carboxylic acids is 2. The molecule has 0 bridgehead atoms. The Bertz CT molecular complexity index is 1040. The first-order chi connectivity index (χ1) is 13.5. The third-order valence-corrected chi connectivity index (χ3v) is 4.29. The number of hydrogen-bond donors (Lipinski definition) is 2. The fourth-order valence-corrected chi connectivity index (χ4v) is 2.83. The predicted octanol–water partition coefficient (Wildman–Crippen LogP) is 4.17. The fraction of sp³-hybridized carbons (Fsp3) is 0.0476. The summed E-state index contributed by atoms with van der Waals surface area (Å²) in [6.45, 7) is 1.98. The van der Waals surface area contributed by atoms with E-state index in [9.17, 15) is 9.59 Å². The lowest BCUT2D eigenvalue weighted by Crippen LogP contribution is -2.21. The van der Waals surface area contributed by atoms with Crippen molar-refractivity contribution in [3.05, 3.63) is 93.7 Å². The molecular weight excluding hydrogens is 420 g/mol. The molecule has 0 saturated heterocycles. The molecule has 0 unspecified atom stereocenters. The van der Waals surface area contributed by atoms with E-state index >= 15 is 0 Å². The molecule has 0 radical (unpaired) electrons. The van der Waals surface area contributed by atoms with Gasteiger partial charge in [0.2, 0.25) is 0 Å². The number of nitrogens with zero attached hydrogens (tertiary/aromatic N) is 2. The number of aromatic nitrogens is 1. The Hall–Kier alpha value is -3.32. The van der Waals surface area contributed by atoms with Crippen LogP contribution in [0.5, 0.6) is 0 Å². The van der Waals surface area contributed by atoms with E-state index in [1.807, 2.05) is 31.2 Å². The van der Waals surface area contributed by atoms with Crippen LogP contribution in [-0.2, 0) is 0 Å². The number of hydrogen-bond acceptors (Lipinski definition) is 4. The number of halogens is 1. The quantitative estimate of drug-likeness (QED) is 0.464. The third kappa shape index (κ3) is 5.11. The first kappa shape index (κ1) is 19.4. The lowest BCUT2D eigenvalue weighted by molar-refractivity contribution is 0.0956. The molecule has 0 fully saturated rings. The van der Waals surface area contributed by atoms with E-state index in [0.29, 0.717) is 10.2 Å². The summed E-state index contributed by atoms with van der Waals surface area (Å²) in [5.74, 6) is -0.846. The minimum Gasteiger partial charge on any atom is -0.320 e. The van der Waals surface area contributed by atoms with Gasteiger partial charge in [0, 0.05) is 10.7 Å². The van der Waals surface area contributed by atoms with E-state index in [4.69, 9.17) is 0 Å². The molecule has 1 aromatic heterocycles. The molecule has 0 atom stereocenters. The predicted molar refractivity (Wildman–Crippen MR) is 113 cm³/mol. The van der Waals surface area contributed by atoms with Crippen molar-refractivity contribution in [2.45, 2.75) is 6.92 Å². The molecule has 6 nitrogen and oxygen atoms in total. The molecule has 2 amide bonds. The van der Waals surface area contributed by atoms with Gasteiger partial charge >= 0.3 is 0 Å². The van der Waals surface area contributed by atoms with E-state index in [1.165, 1.54) is 6.20 Å². The average Bonchev–Trinajstić information content (AvgIpc) is 2.70. The normalized spacial score (nSPS) is 10.6. The van der Waals surface area contributed by atoms with Crippen molar-refractivity contribution in [3.8, 4) is 0 Å². The highest BCUT2D eigenvalue weighted by Crippen LogP contribution is 2.21. The van der Waals surface area contributed by atoms with Crippen LogP contribution in [0.15, 0.2) is 76.4 Å². The van der Waals surface area contributed by atoms with Crippen LogP contribution in [0.2, 0.25) is 0 Å². The van der Waals surface area contributed by atoms with Crippen LogP contribution >= 0.6 is 15.9 Å². The van der Waals surface area contributed by atoms with Gasteiger partial charge in [-0.3, -0.25) is 14.6 Å². The molecule has 0 aliphatic rings. The molecule has 1 heterocycles. The van der Waals surface area contributed by atoms with Crippen LogP contribution in [-0.4, -0.2) is 23.0 Å². The highest BCUT2D eigenvalue weighted by atomic mass is 79.9. The number of aryl methyl sites for hydroxylation is 1. The number of benzene rings is 2. The monoisotopic (exact) mass is 436 g/mol. The van der Waals surface area contributed by atoms with E-state index in [2.05, 4.69) is 36.8 Å². The zero-order valence-electron chi connectivity index (χ0n) is 15.0. The zero-order chi connectivity index (χ0) is 19.9. The minimum absolute atomic E-state index is 0.259. The average molecular weight is 437 g/mol. The van der Waals surface area contributed by atoms with Crippen molar-refractivity contribution >= 4 is 39.6 Å². The van der Waals surface area contributed by atoms with E-state index in [-0.39, 0.29) is 11.3 Å². The molecular formula is C21H17BrN4O2. The second kappa shape index (κ2) is 9.05. The third-order valence-electron chi connectivity index (χ3n) is 3.79. The largest absolute Gasteiger partial charge is 0.320 e. The smallest absolute Gasteiger partial charge is 0.274 e. The van der Waals surface area contributed by atoms with Gasteiger partial charge < -0.3 is 5.32 Å². The van der Waals surface area contributed by atoms with Gasteiger partial charge in [-0.2, -0.15) is 5.10 Å². The van der Waals surface area contributed by atoms with Crippen LogP contribution < -0.4 is 10.7 Å². The maximum absolute atomic E-state index is 12.6. The Labute approximate surface area is 170 Å². The van der Waals surface area contributed by atoms with Crippen LogP contribution in [0.25, 0.3) is 0 Å². The summed E-state index contributed by atoms with van der Waals surface area (Å²) in [6, 6.07) is 17.8. The summed E-state index contributed by atoms with van der Waals surface area (Å²) in [7, 11) is 0. The minimum atomic E-state index is -0.443. The Balaban J connectivity index is 1.76.